The van der Waals surface area contributed by atoms with Crippen molar-refractivity contribution in [2.75, 3.05) is 31.4 Å². The van der Waals surface area contributed by atoms with Gasteiger partial charge in [-0.05, 0) is 78.1 Å². The van der Waals surface area contributed by atoms with Crippen LogP contribution in [0.3, 0.4) is 0 Å². The van der Waals surface area contributed by atoms with Gasteiger partial charge in [-0.15, -0.1) is 0 Å². The van der Waals surface area contributed by atoms with E-state index in [0.29, 0.717) is 17.2 Å². The SMILES string of the molecule is COc1cc([C@H]2Nc3ccc(S(=O)(=O)Nc4ccc(C(=O)O)cc4)cc3[C@H]3C=CC[C@H]32)cc(OC)c1OC. The maximum absolute atomic E-state index is 13.2. The Balaban J connectivity index is 1.47. The monoisotopic (exact) mass is 536 g/mol. The van der Waals surface area contributed by atoms with E-state index >= 15 is 0 Å². The third-order valence-electron chi connectivity index (χ3n) is 7.07. The summed E-state index contributed by atoms with van der Waals surface area (Å²) < 4.78 is 45.5. The lowest BCUT2D eigenvalue weighted by Crippen LogP contribution is -2.29. The van der Waals surface area contributed by atoms with Gasteiger partial charge in [0.2, 0.25) is 5.75 Å². The highest BCUT2D eigenvalue weighted by molar-refractivity contribution is 7.92. The number of carboxylic acid groups (broad SMARTS) is 1. The first-order valence-electron chi connectivity index (χ1n) is 12.0. The molecule has 0 spiro atoms. The largest absolute Gasteiger partial charge is 0.493 e. The summed E-state index contributed by atoms with van der Waals surface area (Å²) in [6.07, 6.45) is 5.08. The van der Waals surface area contributed by atoms with Crippen molar-refractivity contribution in [3.63, 3.8) is 0 Å². The van der Waals surface area contributed by atoms with Gasteiger partial charge in [-0.25, -0.2) is 13.2 Å². The predicted molar refractivity (Wildman–Crippen MR) is 143 cm³/mol. The summed E-state index contributed by atoms with van der Waals surface area (Å²) in [5, 5.41) is 12.7. The summed E-state index contributed by atoms with van der Waals surface area (Å²) >= 11 is 0. The van der Waals surface area contributed by atoms with Crippen LogP contribution in [0.4, 0.5) is 11.4 Å². The quantitative estimate of drug-likeness (QED) is 0.342. The van der Waals surface area contributed by atoms with E-state index in [-0.39, 0.29) is 34.0 Å². The number of aromatic carboxylic acids is 1. The number of anilines is 2. The molecule has 0 aromatic heterocycles. The van der Waals surface area contributed by atoms with E-state index in [1.165, 1.54) is 24.3 Å². The van der Waals surface area contributed by atoms with Crippen LogP contribution in [0.15, 0.2) is 71.6 Å². The molecule has 0 radical (unpaired) electrons. The van der Waals surface area contributed by atoms with E-state index in [4.69, 9.17) is 19.3 Å². The zero-order valence-electron chi connectivity index (χ0n) is 21.1. The molecule has 1 heterocycles. The van der Waals surface area contributed by atoms with E-state index in [1.807, 2.05) is 12.1 Å². The van der Waals surface area contributed by atoms with Gasteiger partial charge in [0, 0.05) is 17.3 Å². The molecule has 5 rings (SSSR count). The number of benzene rings is 3. The Morgan fingerprint density at radius 3 is 2.26 bits per heavy atom. The van der Waals surface area contributed by atoms with Crippen LogP contribution in [0.2, 0.25) is 0 Å². The Morgan fingerprint density at radius 2 is 1.66 bits per heavy atom. The van der Waals surface area contributed by atoms with Crippen molar-refractivity contribution in [2.24, 2.45) is 5.92 Å². The summed E-state index contributed by atoms with van der Waals surface area (Å²) in [6.45, 7) is 0. The number of sulfonamides is 1. The molecular weight excluding hydrogens is 508 g/mol. The standard InChI is InChI=1S/C28H28N2O7S/c1-35-24-13-17(14-25(36-2)27(24)37-3)26-21-6-4-5-20(21)22-15-19(11-12-23(22)29-26)38(33,34)30-18-9-7-16(8-10-18)28(31)32/h4-5,7-15,20-21,26,29-30H,6H2,1-3H3,(H,31,32)/t20-,21+,26+/m0/s1. The van der Waals surface area contributed by atoms with Gasteiger partial charge in [0.1, 0.15) is 0 Å². The van der Waals surface area contributed by atoms with E-state index in [0.717, 1.165) is 23.2 Å². The van der Waals surface area contributed by atoms with Gasteiger partial charge in [-0.1, -0.05) is 12.2 Å². The van der Waals surface area contributed by atoms with Gasteiger partial charge in [-0.3, -0.25) is 4.72 Å². The molecule has 0 saturated heterocycles. The van der Waals surface area contributed by atoms with Crippen LogP contribution in [0.1, 0.15) is 39.9 Å². The number of carboxylic acids is 1. The van der Waals surface area contributed by atoms with Crippen molar-refractivity contribution >= 4 is 27.4 Å². The van der Waals surface area contributed by atoms with Gasteiger partial charge >= 0.3 is 5.97 Å². The van der Waals surface area contributed by atoms with Gasteiger partial charge in [-0.2, -0.15) is 0 Å². The number of nitrogens with one attached hydrogen (secondary N) is 2. The first-order chi connectivity index (χ1) is 18.2. The first-order valence-corrected chi connectivity index (χ1v) is 13.5. The zero-order valence-corrected chi connectivity index (χ0v) is 21.9. The normalized spacial score (nSPS) is 19.6. The minimum atomic E-state index is -3.90. The van der Waals surface area contributed by atoms with Gasteiger partial charge in [0.05, 0.1) is 37.8 Å². The average molecular weight is 537 g/mol. The molecule has 3 N–H and O–H groups in total. The number of ether oxygens (including phenoxy) is 3. The van der Waals surface area contributed by atoms with Crippen LogP contribution >= 0.6 is 0 Å². The van der Waals surface area contributed by atoms with Crippen molar-refractivity contribution in [3.8, 4) is 17.2 Å². The second-order valence-corrected chi connectivity index (χ2v) is 10.9. The summed E-state index contributed by atoms with van der Waals surface area (Å²) in [5.41, 5.74) is 3.09. The molecule has 1 aliphatic heterocycles. The molecule has 38 heavy (non-hydrogen) atoms. The Kier molecular flexibility index (Phi) is 6.66. The van der Waals surface area contributed by atoms with E-state index in [2.05, 4.69) is 22.2 Å². The fraction of sp³-hybridized carbons (Fsp3) is 0.250. The maximum Gasteiger partial charge on any atom is 0.335 e. The second kappa shape index (κ2) is 9.94. The predicted octanol–water partition coefficient (Wildman–Crippen LogP) is 5.04. The number of methoxy groups -OCH3 is 3. The van der Waals surface area contributed by atoms with Crippen LogP contribution < -0.4 is 24.2 Å². The van der Waals surface area contributed by atoms with Crippen molar-refractivity contribution in [3.05, 3.63) is 83.4 Å². The van der Waals surface area contributed by atoms with Crippen LogP contribution in [0, 0.1) is 5.92 Å². The maximum atomic E-state index is 13.2. The van der Waals surface area contributed by atoms with Crippen molar-refractivity contribution in [1.29, 1.82) is 0 Å². The van der Waals surface area contributed by atoms with Crippen LogP contribution in [-0.4, -0.2) is 40.8 Å². The third-order valence-corrected chi connectivity index (χ3v) is 8.45. The van der Waals surface area contributed by atoms with E-state index in [1.54, 1.807) is 39.5 Å². The smallest absolute Gasteiger partial charge is 0.335 e. The van der Waals surface area contributed by atoms with Crippen molar-refractivity contribution in [2.45, 2.75) is 23.3 Å². The van der Waals surface area contributed by atoms with E-state index < -0.39 is 16.0 Å². The molecule has 3 atom stereocenters. The van der Waals surface area contributed by atoms with Crippen LogP contribution in [-0.2, 0) is 10.0 Å². The number of carbonyl (C=O) groups is 1. The molecule has 2 aliphatic rings. The molecule has 9 nitrogen and oxygen atoms in total. The number of allylic oxidation sites excluding steroid dienone is 2. The van der Waals surface area contributed by atoms with E-state index in [9.17, 15) is 13.2 Å². The Morgan fingerprint density at radius 1 is 0.974 bits per heavy atom. The summed E-state index contributed by atoms with van der Waals surface area (Å²) in [7, 11) is 0.840. The summed E-state index contributed by atoms with van der Waals surface area (Å²) in [4.78, 5) is 11.2. The molecule has 0 unspecified atom stereocenters. The molecule has 3 aromatic rings. The highest BCUT2D eigenvalue weighted by atomic mass is 32.2. The molecular formula is C28H28N2O7S. The molecule has 0 saturated carbocycles. The highest BCUT2D eigenvalue weighted by Gasteiger charge is 2.39. The van der Waals surface area contributed by atoms with Gasteiger partial charge < -0.3 is 24.6 Å². The average Bonchev–Trinajstić information content (AvgIpc) is 3.42. The molecule has 0 bridgehead atoms. The Bertz CT molecular complexity index is 1490. The lowest BCUT2D eigenvalue weighted by molar-refractivity contribution is 0.0697. The second-order valence-electron chi connectivity index (χ2n) is 9.17. The molecule has 0 fully saturated rings. The molecule has 3 aromatic carbocycles. The molecule has 0 amide bonds. The molecule has 198 valence electrons. The fourth-order valence-electron chi connectivity index (χ4n) is 5.25. The number of fused-ring (bicyclic) bond motifs is 3. The van der Waals surface area contributed by atoms with Crippen LogP contribution in [0.25, 0.3) is 0 Å². The number of hydrogen-bond donors (Lipinski definition) is 3. The molecule has 10 heteroatoms. The highest BCUT2D eigenvalue weighted by Crippen LogP contribution is 2.52. The van der Waals surface area contributed by atoms with Gasteiger partial charge in [0.15, 0.2) is 11.5 Å². The number of rotatable bonds is 8. The van der Waals surface area contributed by atoms with Crippen LogP contribution in [0.5, 0.6) is 17.2 Å². The summed E-state index contributed by atoms with van der Waals surface area (Å²) in [5.74, 6) is 0.753. The third kappa shape index (κ3) is 4.51. The fourth-order valence-corrected chi connectivity index (χ4v) is 6.34. The lowest BCUT2D eigenvalue weighted by atomic mass is 9.77. The summed E-state index contributed by atoms with van der Waals surface area (Å²) in [6, 6.07) is 14.4. The first kappa shape index (κ1) is 25.5. The minimum Gasteiger partial charge on any atom is -0.493 e. The Labute approximate surface area is 221 Å². The Hall–Kier alpha value is -4.18. The van der Waals surface area contributed by atoms with Gasteiger partial charge in [0.25, 0.3) is 10.0 Å². The topological polar surface area (TPSA) is 123 Å². The zero-order chi connectivity index (χ0) is 27.0. The van der Waals surface area contributed by atoms with Crippen molar-refractivity contribution < 1.29 is 32.5 Å². The van der Waals surface area contributed by atoms with Crippen molar-refractivity contribution in [1.82, 2.24) is 0 Å². The molecule has 1 aliphatic carbocycles. The number of hydrogen-bond acceptors (Lipinski definition) is 7. The lowest BCUT2D eigenvalue weighted by Gasteiger charge is -2.38. The minimum absolute atomic E-state index is 0.0142.